The minimum atomic E-state index is -0.732. The molecule has 6 N–H and O–H groups in total. The number of carbonyl (C=O) groups is 2. The van der Waals surface area contributed by atoms with Gasteiger partial charge in [0.25, 0.3) is 0 Å². The van der Waals surface area contributed by atoms with Crippen LogP contribution >= 0.6 is 22.7 Å². The van der Waals surface area contributed by atoms with E-state index in [2.05, 4.69) is 20.6 Å². The number of nitrogens with one attached hydrogen (secondary N) is 2. The Hall–Kier alpha value is -2.66. The number of aromatic nitrogens is 2. The van der Waals surface area contributed by atoms with Crippen molar-refractivity contribution in [2.24, 2.45) is 11.5 Å². The van der Waals surface area contributed by atoms with Gasteiger partial charge in [-0.25, -0.2) is 9.97 Å². The van der Waals surface area contributed by atoms with Gasteiger partial charge < -0.3 is 22.1 Å². The SMILES string of the molecule is CC.Cc1ncsc1-c1csc(NC(=O)[C@@H](CCc2ccccc2)NC(=O)[C@@H](N)CCCN)n1. The van der Waals surface area contributed by atoms with Crippen LogP contribution in [-0.4, -0.2) is 40.4 Å². The molecule has 8 nitrogen and oxygen atoms in total. The normalized spacial score (nSPS) is 12.3. The van der Waals surface area contributed by atoms with Crippen LogP contribution in [0.2, 0.25) is 0 Å². The molecule has 2 aromatic heterocycles. The lowest BCUT2D eigenvalue weighted by atomic mass is 10.0. The third-order valence-corrected chi connectivity index (χ3v) is 6.67. The van der Waals surface area contributed by atoms with Crippen LogP contribution in [0.15, 0.2) is 41.2 Å². The molecule has 34 heavy (non-hydrogen) atoms. The van der Waals surface area contributed by atoms with E-state index in [1.54, 1.807) is 5.51 Å². The van der Waals surface area contributed by atoms with Gasteiger partial charge in [0.1, 0.15) is 6.04 Å². The van der Waals surface area contributed by atoms with Gasteiger partial charge in [0.15, 0.2) is 5.13 Å². The molecule has 0 fully saturated rings. The third kappa shape index (κ3) is 8.28. The minimum Gasteiger partial charge on any atom is -0.343 e. The van der Waals surface area contributed by atoms with Gasteiger partial charge in [0.05, 0.1) is 27.8 Å². The summed E-state index contributed by atoms with van der Waals surface area (Å²) >= 11 is 2.84. The second-order valence-corrected chi connectivity index (χ2v) is 9.13. The van der Waals surface area contributed by atoms with Crippen LogP contribution in [0.25, 0.3) is 10.6 Å². The summed E-state index contributed by atoms with van der Waals surface area (Å²) in [5, 5.41) is 8.02. The second kappa shape index (κ2) is 14.6. The molecule has 0 aliphatic carbocycles. The van der Waals surface area contributed by atoms with E-state index in [9.17, 15) is 9.59 Å². The van der Waals surface area contributed by atoms with Crippen LogP contribution in [0.4, 0.5) is 5.13 Å². The van der Waals surface area contributed by atoms with Crippen LogP contribution in [0.5, 0.6) is 0 Å². The zero-order chi connectivity index (χ0) is 24.9. The average molecular weight is 503 g/mol. The number of amides is 2. The molecule has 0 spiro atoms. The van der Waals surface area contributed by atoms with Crippen LogP contribution < -0.4 is 22.1 Å². The molecule has 0 bridgehead atoms. The first-order valence-electron chi connectivity index (χ1n) is 11.4. The predicted molar refractivity (Wildman–Crippen MR) is 141 cm³/mol. The fourth-order valence-corrected chi connectivity index (χ4v) is 4.69. The largest absolute Gasteiger partial charge is 0.343 e. The minimum absolute atomic E-state index is 0.317. The molecule has 2 amide bonds. The van der Waals surface area contributed by atoms with E-state index in [4.69, 9.17) is 11.5 Å². The number of hydrogen-bond acceptors (Lipinski definition) is 8. The fourth-order valence-electron chi connectivity index (χ4n) is 3.15. The molecular formula is C24H34N6O2S2. The van der Waals surface area contributed by atoms with Gasteiger partial charge in [-0.05, 0) is 44.7 Å². The highest BCUT2D eigenvalue weighted by Crippen LogP contribution is 2.30. The van der Waals surface area contributed by atoms with Crippen LogP contribution in [0.3, 0.4) is 0 Å². The Morgan fingerprint density at radius 1 is 1.09 bits per heavy atom. The first-order valence-corrected chi connectivity index (χ1v) is 13.2. The standard InChI is InChI=1S/C22H28N6O2S2.C2H6/c1-14-19(32-13-25-14)18-12-31-22(27-18)28-21(30)17(10-9-15-6-3-2-4-7-15)26-20(29)16(24)8-5-11-23;1-2/h2-4,6-7,12-13,16-17H,5,8-11,23-24H2,1H3,(H,26,29)(H,27,28,30);1-2H3/t16-,17+;/m0./s1. The summed E-state index contributed by atoms with van der Waals surface area (Å²) in [7, 11) is 0. The Labute approximate surface area is 209 Å². The van der Waals surface area contributed by atoms with Crippen molar-refractivity contribution >= 4 is 39.6 Å². The number of nitrogens with zero attached hydrogens (tertiary/aromatic N) is 2. The highest BCUT2D eigenvalue weighted by atomic mass is 32.1. The van der Waals surface area contributed by atoms with Crippen molar-refractivity contribution in [3.8, 4) is 10.6 Å². The molecule has 0 unspecified atom stereocenters. The lowest BCUT2D eigenvalue weighted by molar-refractivity contribution is -0.127. The van der Waals surface area contributed by atoms with E-state index in [1.807, 2.05) is 56.5 Å². The number of anilines is 1. The van der Waals surface area contributed by atoms with E-state index in [0.29, 0.717) is 37.4 Å². The summed E-state index contributed by atoms with van der Waals surface area (Å²) in [5.41, 5.74) is 16.0. The first-order chi connectivity index (χ1) is 16.5. The number of aryl methyl sites for hydroxylation is 2. The Kier molecular flexibility index (Phi) is 11.8. The number of benzene rings is 1. The van der Waals surface area contributed by atoms with Gasteiger partial charge in [-0.3, -0.25) is 9.59 Å². The molecule has 3 rings (SSSR count). The van der Waals surface area contributed by atoms with Crippen LogP contribution in [0, 0.1) is 6.92 Å². The number of hydrogen-bond donors (Lipinski definition) is 4. The van der Waals surface area contributed by atoms with E-state index in [0.717, 1.165) is 21.8 Å². The Bertz CT molecular complexity index is 1020. The fraction of sp³-hybridized carbons (Fsp3) is 0.417. The van der Waals surface area contributed by atoms with Crippen molar-refractivity contribution in [3.05, 3.63) is 52.5 Å². The second-order valence-electron chi connectivity index (χ2n) is 7.42. The molecule has 0 saturated heterocycles. The summed E-state index contributed by atoms with van der Waals surface area (Å²) in [6.45, 7) is 6.39. The van der Waals surface area contributed by atoms with E-state index in [1.165, 1.54) is 22.7 Å². The number of nitrogens with two attached hydrogens (primary N) is 2. The summed E-state index contributed by atoms with van der Waals surface area (Å²) in [6.07, 6.45) is 2.20. The Morgan fingerprint density at radius 3 is 2.47 bits per heavy atom. The van der Waals surface area contributed by atoms with Crippen molar-refractivity contribution in [2.45, 2.75) is 58.5 Å². The van der Waals surface area contributed by atoms with Crippen molar-refractivity contribution in [1.82, 2.24) is 15.3 Å². The number of thiazole rings is 2. The smallest absolute Gasteiger partial charge is 0.248 e. The molecule has 1 aromatic carbocycles. The van der Waals surface area contributed by atoms with Crippen LogP contribution in [-0.2, 0) is 16.0 Å². The maximum atomic E-state index is 13.0. The third-order valence-electron chi connectivity index (χ3n) is 4.97. The van der Waals surface area contributed by atoms with Crippen LogP contribution in [0.1, 0.15) is 44.4 Å². The van der Waals surface area contributed by atoms with Gasteiger partial charge in [0, 0.05) is 5.38 Å². The summed E-state index contributed by atoms with van der Waals surface area (Å²) < 4.78 is 0. The van der Waals surface area contributed by atoms with Gasteiger partial charge in [-0.1, -0.05) is 44.2 Å². The van der Waals surface area contributed by atoms with Crippen molar-refractivity contribution in [3.63, 3.8) is 0 Å². The van der Waals surface area contributed by atoms with Crippen molar-refractivity contribution in [1.29, 1.82) is 0 Å². The molecule has 2 atom stereocenters. The lowest BCUT2D eigenvalue weighted by Crippen LogP contribution is -2.50. The van der Waals surface area contributed by atoms with Crippen molar-refractivity contribution < 1.29 is 9.59 Å². The zero-order valence-electron chi connectivity index (χ0n) is 19.9. The molecule has 184 valence electrons. The van der Waals surface area contributed by atoms with Crippen molar-refractivity contribution in [2.75, 3.05) is 11.9 Å². The molecule has 10 heteroatoms. The summed E-state index contributed by atoms with van der Waals surface area (Å²) in [6, 6.07) is 8.39. The topological polar surface area (TPSA) is 136 Å². The molecule has 0 radical (unpaired) electrons. The maximum Gasteiger partial charge on any atom is 0.248 e. The maximum absolute atomic E-state index is 13.0. The molecular weight excluding hydrogens is 468 g/mol. The zero-order valence-corrected chi connectivity index (χ0v) is 21.5. The molecule has 0 saturated carbocycles. The molecule has 0 aliphatic heterocycles. The van der Waals surface area contributed by atoms with Gasteiger partial charge in [0.2, 0.25) is 11.8 Å². The van der Waals surface area contributed by atoms with E-state index in [-0.39, 0.29) is 11.8 Å². The number of carbonyl (C=O) groups excluding carboxylic acids is 2. The molecule has 0 aliphatic rings. The van der Waals surface area contributed by atoms with Gasteiger partial charge >= 0.3 is 0 Å². The summed E-state index contributed by atoms with van der Waals surface area (Å²) in [5.74, 6) is -0.672. The predicted octanol–water partition coefficient (Wildman–Crippen LogP) is 3.72. The van der Waals surface area contributed by atoms with E-state index >= 15 is 0 Å². The lowest BCUT2D eigenvalue weighted by Gasteiger charge is -2.20. The molecule has 2 heterocycles. The first kappa shape index (κ1) is 27.6. The average Bonchev–Trinajstić information content (AvgIpc) is 3.50. The molecule has 3 aromatic rings. The quantitative estimate of drug-likeness (QED) is 0.315. The highest BCUT2D eigenvalue weighted by Gasteiger charge is 2.24. The van der Waals surface area contributed by atoms with Gasteiger partial charge in [-0.2, -0.15) is 0 Å². The summed E-state index contributed by atoms with van der Waals surface area (Å²) in [4.78, 5) is 35.3. The highest BCUT2D eigenvalue weighted by molar-refractivity contribution is 7.16. The number of rotatable bonds is 11. The Balaban J connectivity index is 0.00000199. The van der Waals surface area contributed by atoms with E-state index < -0.39 is 12.1 Å². The van der Waals surface area contributed by atoms with Gasteiger partial charge in [-0.15, -0.1) is 22.7 Å². The Morgan fingerprint density at radius 2 is 1.82 bits per heavy atom. The monoisotopic (exact) mass is 502 g/mol.